The summed E-state index contributed by atoms with van der Waals surface area (Å²) >= 11 is 0. The average molecular weight is 280 g/mol. The second-order valence-corrected chi connectivity index (χ2v) is 4.07. The molecule has 0 saturated carbocycles. The Bertz CT molecular complexity index is 292. The van der Waals surface area contributed by atoms with Gasteiger partial charge in [0.05, 0.1) is 6.61 Å². The Balaban J connectivity index is 4.35. The summed E-state index contributed by atoms with van der Waals surface area (Å²) in [6.45, 7) is 0.968. The zero-order valence-electron chi connectivity index (χ0n) is 10.6. The van der Waals surface area contributed by atoms with Crippen LogP contribution in [0.4, 0.5) is 0 Å². The van der Waals surface area contributed by atoms with Crippen molar-refractivity contribution in [1.29, 1.82) is 0 Å². The summed E-state index contributed by atoms with van der Waals surface area (Å²) in [6.07, 6.45) is -6.72. The van der Waals surface area contributed by atoms with Crippen molar-refractivity contribution in [2.24, 2.45) is 0 Å². The Morgan fingerprint density at radius 1 is 1.11 bits per heavy atom. The fraction of sp³-hybridized carbons (Fsp3) is 0.818. The van der Waals surface area contributed by atoms with E-state index < -0.39 is 43.0 Å². The van der Waals surface area contributed by atoms with Crippen molar-refractivity contribution in [2.45, 2.75) is 50.6 Å². The lowest BCUT2D eigenvalue weighted by Gasteiger charge is -2.24. The Kier molecular flexibility index (Phi) is 8.44. The van der Waals surface area contributed by atoms with Crippen LogP contribution in [0.25, 0.3) is 0 Å². The smallest absolute Gasteiger partial charge is 0.345 e. The Morgan fingerprint density at radius 2 is 1.68 bits per heavy atom. The monoisotopic (exact) mass is 280 g/mol. The molecule has 0 aromatic heterocycles. The maximum absolute atomic E-state index is 11.3. The molecule has 0 aliphatic heterocycles. The van der Waals surface area contributed by atoms with Gasteiger partial charge in [0, 0.05) is 6.42 Å². The van der Waals surface area contributed by atoms with Gasteiger partial charge in [0.25, 0.3) is 0 Å². The van der Waals surface area contributed by atoms with Crippen LogP contribution in [0.3, 0.4) is 0 Å². The number of ether oxygens (including phenoxy) is 1. The third kappa shape index (κ3) is 6.08. The maximum atomic E-state index is 11.3. The minimum atomic E-state index is -2.19. The van der Waals surface area contributed by atoms with Crippen LogP contribution >= 0.6 is 0 Å². The molecule has 4 atom stereocenters. The third-order valence-electron chi connectivity index (χ3n) is 2.45. The molecular formula is C11H20O8. The molecule has 19 heavy (non-hydrogen) atoms. The minimum absolute atomic E-state index is 0.00707. The van der Waals surface area contributed by atoms with Gasteiger partial charge in [-0.05, 0) is 6.42 Å². The van der Waals surface area contributed by atoms with Crippen LogP contribution in [0.5, 0.6) is 0 Å². The van der Waals surface area contributed by atoms with E-state index in [9.17, 15) is 24.9 Å². The fourth-order valence-corrected chi connectivity index (χ4v) is 1.21. The number of aliphatic hydroxyl groups is 5. The van der Waals surface area contributed by atoms with Crippen molar-refractivity contribution < 1.29 is 39.9 Å². The van der Waals surface area contributed by atoms with Gasteiger partial charge in [0.15, 0.2) is 6.10 Å². The van der Waals surface area contributed by atoms with Gasteiger partial charge >= 0.3 is 11.9 Å². The van der Waals surface area contributed by atoms with Crippen molar-refractivity contribution >= 4 is 11.9 Å². The highest BCUT2D eigenvalue weighted by molar-refractivity contribution is 5.88. The Hall–Kier alpha value is -1.06. The first-order chi connectivity index (χ1) is 8.84. The Morgan fingerprint density at radius 3 is 2.16 bits per heavy atom. The number of esters is 2. The highest BCUT2D eigenvalue weighted by atomic mass is 16.6. The molecule has 0 amide bonds. The van der Waals surface area contributed by atoms with Gasteiger partial charge < -0.3 is 30.3 Å². The van der Waals surface area contributed by atoms with Gasteiger partial charge in [-0.3, -0.25) is 4.79 Å². The van der Waals surface area contributed by atoms with Crippen molar-refractivity contribution in [2.75, 3.05) is 6.61 Å². The van der Waals surface area contributed by atoms with E-state index in [-0.39, 0.29) is 6.42 Å². The summed E-state index contributed by atoms with van der Waals surface area (Å²) in [4.78, 5) is 22.4. The molecule has 0 heterocycles. The van der Waals surface area contributed by atoms with Crippen LogP contribution < -0.4 is 0 Å². The lowest BCUT2D eigenvalue weighted by molar-refractivity contribution is -0.176. The second kappa shape index (κ2) is 8.94. The summed E-state index contributed by atoms with van der Waals surface area (Å²) in [7, 11) is 0. The molecule has 0 aromatic rings. The maximum Gasteiger partial charge on any atom is 0.345 e. The van der Waals surface area contributed by atoms with Gasteiger partial charge in [-0.1, -0.05) is 13.3 Å². The lowest BCUT2D eigenvalue weighted by atomic mass is 10.0. The van der Waals surface area contributed by atoms with E-state index in [1.54, 1.807) is 0 Å². The number of carbonyl (C=O) groups is 2. The zero-order chi connectivity index (χ0) is 15.0. The van der Waals surface area contributed by atoms with Gasteiger partial charge in [-0.15, -0.1) is 0 Å². The summed E-state index contributed by atoms with van der Waals surface area (Å²) < 4.78 is 4.26. The molecule has 0 aromatic carbocycles. The predicted molar refractivity (Wildman–Crippen MR) is 61.7 cm³/mol. The normalized spacial score (nSPS) is 17.4. The number of hydrogen-bond acceptors (Lipinski definition) is 8. The largest absolute Gasteiger partial charge is 0.394 e. The van der Waals surface area contributed by atoms with E-state index in [0.717, 1.165) is 6.42 Å². The van der Waals surface area contributed by atoms with Gasteiger partial charge in [0.1, 0.15) is 18.3 Å². The van der Waals surface area contributed by atoms with Crippen LogP contribution in [0.2, 0.25) is 0 Å². The zero-order valence-corrected chi connectivity index (χ0v) is 10.6. The number of hydrogen-bond donors (Lipinski definition) is 5. The highest BCUT2D eigenvalue weighted by Crippen LogP contribution is 2.07. The molecule has 0 saturated heterocycles. The molecule has 0 aliphatic rings. The molecule has 0 unspecified atom stereocenters. The average Bonchev–Trinajstić information content (AvgIpc) is 2.41. The van der Waals surface area contributed by atoms with E-state index in [1.165, 1.54) is 0 Å². The molecule has 0 spiro atoms. The number of aliphatic hydroxyl groups excluding tert-OH is 5. The molecule has 112 valence electrons. The van der Waals surface area contributed by atoms with Crippen molar-refractivity contribution in [3.8, 4) is 0 Å². The van der Waals surface area contributed by atoms with E-state index in [2.05, 4.69) is 4.74 Å². The molecule has 0 fully saturated rings. The molecule has 8 nitrogen and oxygen atoms in total. The van der Waals surface area contributed by atoms with Gasteiger partial charge in [0.2, 0.25) is 0 Å². The molecule has 0 aliphatic carbocycles. The first-order valence-electron chi connectivity index (χ1n) is 5.92. The van der Waals surface area contributed by atoms with Gasteiger partial charge in [-0.25, -0.2) is 4.79 Å². The summed E-state index contributed by atoms with van der Waals surface area (Å²) in [5.41, 5.74) is 0. The van der Waals surface area contributed by atoms with Crippen LogP contribution in [0, 0.1) is 0 Å². The third-order valence-corrected chi connectivity index (χ3v) is 2.45. The highest BCUT2D eigenvalue weighted by Gasteiger charge is 2.35. The molecule has 0 radical (unpaired) electrons. The number of rotatable bonds is 8. The standard InChI is InChI=1S/C11H20O8/c1-2-3-4-7(14)19-11(18)10(17)9(16)8(15)6(13)5-12/h6,8-10,12-13,15-17H,2-5H2,1H3/t6-,8-,9+,10-/m1/s1. The minimum Gasteiger partial charge on any atom is -0.394 e. The van der Waals surface area contributed by atoms with E-state index in [1.807, 2.05) is 6.92 Å². The van der Waals surface area contributed by atoms with E-state index >= 15 is 0 Å². The van der Waals surface area contributed by atoms with Crippen LogP contribution in [-0.2, 0) is 14.3 Å². The summed E-state index contributed by atoms with van der Waals surface area (Å²) in [5.74, 6) is -2.27. The Labute approximate surface area is 110 Å². The lowest BCUT2D eigenvalue weighted by Crippen LogP contribution is -2.49. The first-order valence-corrected chi connectivity index (χ1v) is 5.92. The molecule has 0 rings (SSSR count). The topological polar surface area (TPSA) is 145 Å². The first kappa shape index (κ1) is 17.9. The fourth-order valence-electron chi connectivity index (χ4n) is 1.21. The quantitative estimate of drug-likeness (QED) is 0.246. The summed E-state index contributed by atoms with van der Waals surface area (Å²) in [5, 5.41) is 45.6. The van der Waals surface area contributed by atoms with Crippen LogP contribution in [-0.4, -0.2) is 68.5 Å². The SMILES string of the molecule is CCCCC(=O)OC(=O)[C@H](O)[C@@H](O)[C@H](O)[C@H](O)CO. The summed E-state index contributed by atoms with van der Waals surface area (Å²) in [6, 6.07) is 0. The second-order valence-electron chi connectivity index (χ2n) is 4.07. The van der Waals surface area contributed by atoms with Crippen molar-refractivity contribution in [3.05, 3.63) is 0 Å². The van der Waals surface area contributed by atoms with E-state index in [0.29, 0.717) is 6.42 Å². The van der Waals surface area contributed by atoms with Crippen molar-refractivity contribution in [3.63, 3.8) is 0 Å². The molecular weight excluding hydrogens is 260 g/mol. The molecule has 0 bridgehead atoms. The van der Waals surface area contributed by atoms with E-state index in [4.69, 9.17) is 10.2 Å². The number of carbonyl (C=O) groups excluding carboxylic acids is 2. The molecule has 5 N–H and O–H groups in total. The predicted octanol–water partition coefficient (Wildman–Crippen LogP) is -2.32. The van der Waals surface area contributed by atoms with Crippen LogP contribution in [0.1, 0.15) is 26.2 Å². The van der Waals surface area contributed by atoms with Crippen molar-refractivity contribution in [1.82, 2.24) is 0 Å². The van der Waals surface area contributed by atoms with Gasteiger partial charge in [-0.2, -0.15) is 0 Å². The number of unbranched alkanes of at least 4 members (excludes halogenated alkanes) is 1. The van der Waals surface area contributed by atoms with Crippen LogP contribution in [0.15, 0.2) is 0 Å². The molecule has 8 heteroatoms.